The van der Waals surface area contributed by atoms with Crippen LogP contribution in [0.3, 0.4) is 0 Å². The van der Waals surface area contributed by atoms with Crippen molar-refractivity contribution in [3.05, 3.63) is 12.3 Å². The number of ether oxygens (including phenoxy) is 1. The number of esters is 1. The Balaban J connectivity index is 2.27. The number of ketones is 1. The second-order valence-electron chi connectivity index (χ2n) is 4.01. The van der Waals surface area contributed by atoms with Gasteiger partial charge in [-0.15, -0.1) is 0 Å². The number of methoxy groups -OCH3 is 1. The van der Waals surface area contributed by atoms with Crippen LogP contribution >= 0.6 is 0 Å². The Morgan fingerprint density at radius 1 is 1.69 bits per heavy atom. The highest BCUT2D eigenvalue weighted by Crippen LogP contribution is 2.34. The summed E-state index contributed by atoms with van der Waals surface area (Å²) < 4.78 is 4.69. The molecule has 0 spiro atoms. The van der Waals surface area contributed by atoms with Crippen molar-refractivity contribution in [2.45, 2.75) is 24.9 Å². The van der Waals surface area contributed by atoms with Gasteiger partial charge in [0.1, 0.15) is 6.04 Å². The average Bonchev–Trinajstić information content (AvgIpc) is 2.66. The lowest BCUT2D eigenvalue weighted by atomic mass is 9.95. The quantitative estimate of drug-likeness (QED) is 0.591. The van der Waals surface area contributed by atoms with Crippen LogP contribution in [0.4, 0.5) is 0 Å². The van der Waals surface area contributed by atoms with Crippen LogP contribution in [-0.2, 0) is 14.3 Å². The molecule has 0 aromatic heterocycles. The molecule has 0 bridgehead atoms. The number of fused-ring (bicyclic) bond motifs is 1. The van der Waals surface area contributed by atoms with Gasteiger partial charge in [0.2, 0.25) is 0 Å². The Labute approximate surface area is 93.3 Å². The summed E-state index contributed by atoms with van der Waals surface area (Å²) >= 11 is 0. The maximum absolute atomic E-state index is 11.5. The summed E-state index contributed by atoms with van der Waals surface area (Å²) in [5.41, 5.74) is 0. The smallest absolute Gasteiger partial charge is 0.328 e. The number of rotatable bonds is 1. The van der Waals surface area contributed by atoms with Gasteiger partial charge >= 0.3 is 5.97 Å². The summed E-state index contributed by atoms with van der Waals surface area (Å²) in [5.74, 6) is -0.619. The van der Waals surface area contributed by atoms with Gasteiger partial charge in [-0.3, -0.25) is 4.79 Å². The van der Waals surface area contributed by atoms with Crippen LogP contribution in [0.25, 0.3) is 0 Å². The van der Waals surface area contributed by atoms with Gasteiger partial charge in [-0.05, 0) is 12.5 Å². The summed E-state index contributed by atoms with van der Waals surface area (Å²) in [5, 5.41) is 9.00. The predicted molar refractivity (Wildman–Crippen MR) is 53.9 cm³/mol. The molecule has 5 heteroatoms. The van der Waals surface area contributed by atoms with Crippen LogP contribution in [0.15, 0.2) is 12.3 Å². The second kappa shape index (κ2) is 3.97. The third kappa shape index (κ3) is 1.56. The number of allylic oxidation sites excluding steroid dienone is 1. The van der Waals surface area contributed by atoms with Crippen LogP contribution in [0.1, 0.15) is 12.8 Å². The molecule has 1 fully saturated rings. The number of nitriles is 1. The summed E-state index contributed by atoms with van der Waals surface area (Å²) in [6.45, 7) is 0. The van der Waals surface area contributed by atoms with Crippen molar-refractivity contribution in [1.82, 2.24) is 4.90 Å². The second-order valence-corrected chi connectivity index (χ2v) is 4.01. The van der Waals surface area contributed by atoms with Crippen molar-refractivity contribution < 1.29 is 14.3 Å². The van der Waals surface area contributed by atoms with Gasteiger partial charge in [0.15, 0.2) is 5.78 Å². The van der Waals surface area contributed by atoms with Gasteiger partial charge in [-0.2, -0.15) is 5.26 Å². The molecule has 0 aromatic carbocycles. The number of hydrogen-bond acceptors (Lipinski definition) is 5. The standard InChI is InChI=1S/C11H12N2O3/c1-16-11(15)10-4-7(6-12)9-5-8(14)2-3-13(9)10/h2-3,7,9-10H,4-5H2,1H3/t7-,9+,10-/m0/s1. The van der Waals surface area contributed by atoms with Gasteiger partial charge in [-0.25, -0.2) is 4.79 Å². The predicted octanol–water partition coefficient (Wildman–Crippen LogP) is 0.229. The first kappa shape index (κ1) is 10.7. The molecule has 0 amide bonds. The highest BCUT2D eigenvalue weighted by molar-refractivity contribution is 5.91. The molecule has 2 rings (SSSR count). The fourth-order valence-corrected chi connectivity index (χ4v) is 2.36. The van der Waals surface area contributed by atoms with Crippen LogP contribution in [-0.4, -0.2) is 35.8 Å². The molecule has 84 valence electrons. The first-order valence-electron chi connectivity index (χ1n) is 5.13. The summed E-state index contributed by atoms with van der Waals surface area (Å²) in [7, 11) is 1.33. The molecule has 2 aliphatic heterocycles. The molecule has 0 radical (unpaired) electrons. The minimum atomic E-state index is -0.427. The van der Waals surface area contributed by atoms with E-state index in [-0.39, 0.29) is 23.7 Å². The fourth-order valence-electron chi connectivity index (χ4n) is 2.36. The molecule has 16 heavy (non-hydrogen) atoms. The summed E-state index contributed by atoms with van der Waals surface area (Å²) in [4.78, 5) is 24.6. The molecule has 0 saturated carbocycles. The van der Waals surface area contributed by atoms with Crippen LogP contribution in [0.2, 0.25) is 0 Å². The first-order chi connectivity index (χ1) is 7.67. The van der Waals surface area contributed by atoms with Gasteiger partial charge < -0.3 is 9.64 Å². The van der Waals surface area contributed by atoms with E-state index < -0.39 is 6.04 Å². The summed E-state index contributed by atoms with van der Waals surface area (Å²) in [6.07, 6.45) is 3.80. The molecule has 5 nitrogen and oxygen atoms in total. The normalized spacial score (nSPS) is 32.1. The van der Waals surface area contributed by atoms with Gasteiger partial charge in [0.25, 0.3) is 0 Å². The van der Waals surface area contributed by atoms with E-state index in [9.17, 15) is 9.59 Å². The number of carbonyl (C=O) groups is 2. The zero-order valence-electron chi connectivity index (χ0n) is 8.92. The Hall–Kier alpha value is -1.83. The van der Waals surface area contributed by atoms with Crippen LogP contribution in [0, 0.1) is 17.2 Å². The third-order valence-electron chi connectivity index (χ3n) is 3.17. The lowest BCUT2D eigenvalue weighted by molar-refractivity contribution is -0.145. The molecular weight excluding hydrogens is 208 g/mol. The lowest BCUT2D eigenvalue weighted by Crippen LogP contribution is -2.41. The molecule has 0 unspecified atom stereocenters. The highest BCUT2D eigenvalue weighted by Gasteiger charge is 2.45. The molecule has 3 atom stereocenters. The zero-order valence-corrected chi connectivity index (χ0v) is 8.92. The van der Waals surface area contributed by atoms with Crippen molar-refractivity contribution in [1.29, 1.82) is 5.26 Å². The maximum atomic E-state index is 11.5. The fraction of sp³-hybridized carbons (Fsp3) is 0.545. The van der Waals surface area contributed by atoms with Crippen molar-refractivity contribution in [2.75, 3.05) is 7.11 Å². The summed E-state index contributed by atoms with van der Waals surface area (Å²) in [6, 6.07) is 1.56. The monoisotopic (exact) mass is 220 g/mol. The molecular formula is C11H12N2O3. The van der Waals surface area contributed by atoms with Gasteiger partial charge in [0.05, 0.1) is 25.1 Å². The zero-order chi connectivity index (χ0) is 11.7. The first-order valence-corrected chi connectivity index (χ1v) is 5.13. The molecule has 1 saturated heterocycles. The highest BCUT2D eigenvalue weighted by atomic mass is 16.5. The number of hydrogen-bond donors (Lipinski definition) is 0. The number of carbonyl (C=O) groups excluding carboxylic acids is 2. The Morgan fingerprint density at radius 3 is 3.06 bits per heavy atom. The van der Waals surface area contributed by atoms with E-state index in [4.69, 9.17) is 10.00 Å². The van der Waals surface area contributed by atoms with Crippen molar-refractivity contribution in [3.63, 3.8) is 0 Å². The van der Waals surface area contributed by atoms with Gasteiger partial charge in [0, 0.05) is 12.6 Å². The molecule has 0 aliphatic carbocycles. The number of nitrogens with zero attached hydrogens (tertiary/aromatic N) is 2. The average molecular weight is 220 g/mol. The van der Waals surface area contributed by atoms with E-state index >= 15 is 0 Å². The van der Waals surface area contributed by atoms with Crippen LogP contribution < -0.4 is 0 Å². The van der Waals surface area contributed by atoms with Crippen molar-refractivity contribution in [3.8, 4) is 6.07 Å². The molecule has 2 heterocycles. The SMILES string of the molecule is COC(=O)[C@@H]1C[C@@H](C#N)[C@H]2CC(=O)C=CN21. The van der Waals surface area contributed by atoms with E-state index in [0.29, 0.717) is 12.8 Å². The Morgan fingerprint density at radius 2 is 2.44 bits per heavy atom. The van der Waals surface area contributed by atoms with Crippen LogP contribution in [0.5, 0.6) is 0 Å². The van der Waals surface area contributed by atoms with Crippen molar-refractivity contribution >= 4 is 11.8 Å². The molecule has 0 N–H and O–H groups in total. The minimum absolute atomic E-state index is 0.00650. The topological polar surface area (TPSA) is 70.4 Å². The van der Waals surface area contributed by atoms with E-state index in [1.54, 1.807) is 11.1 Å². The Kier molecular flexibility index (Phi) is 2.65. The molecule has 0 aromatic rings. The third-order valence-corrected chi connectivity index (χ3v) is 3.17. The Bertz CT molecular complexity index is 397. The van der Waals surface area contributed by atoms with E-state index in [1.807, 2.05) is 0 Å². The van der Waals surface area contributed by atoms with E-state index in [1.165, 1.54) is 13.2 Å². The largest absolute Gasteiger partial charge is 0.467 e. The molecule has 2 aliphatic rings. The van der Waals surface area contributed by atoms with E-state index in [0.717, 1.165) is 0 Å². The lowest BCUT2D eigenvalue weighted by Gasteiger charge is -2.29. The van der Waals surface area contributed by atoms with Crippen molar-refractivity contribution in [2.24, 2.45) is 5.92 Å². The maximum Gasteiger partial charge on any atom is 0.328 e. The van der Waals surface area contributed by atoms with Gasteiger partial charge in [-0.1, -0.05) is 0 Å². The van der Waals surface area contributed by atoms with E-state index in [2.05, 4.69) is 6.07 Å². The minimum Gasteiger partial charge on any atom is -0.467 e.